The lowest BCUT2D eigenvalue weighted by atomic mass is 9.32. The van der Waals surface area contributed by atoms with Gasteiger partial charge in [-0.05, 0) is 102 Å². The maximum atomic E-state index is 13.3. The second-order valence-electron chi connectivity index (χ2n) is 15.8. The van der Waals surface area contributed by atoms with Crippen molar-refractivity contribution in [2.45, 2.75) is 119 Å². The lowest BCUT2D eigenvalue weighted by molar-refractivity contribution is -0.245. The highest BCUT2D eigenvalue weighted by molar-refractivity contribution is 7.13. The van der Waals surface area contributed by atoms with Gasteiger partial charge in [-0.25, -0.2) is 0 Å². The number of fused-ring (bicyclic) bond motifs is 7. The molecule has 8 atom stereocenters. The summed E-state index contributed by atoms with van der Waals surface area (Å²) < 4.78 is 0. The molecule has 6 rings (SSSR count). The molecule has 0 aromatic carbocycles. The van der Waals surface area contributed by atoms with Crippen molar-refractivity contribution >= 4 is 22.1 Å². The quantitative estimate of drug-likeness (QED) is 0.380. The Balaban J connectivity index is 1.37. The number of hydrogen-bond acceptors (Lipinski definition) is 5. The first-order chi connectivity index (χ1) is 17.6. The number of allylic oxidation sites excluding steroid dienone is 2. The molecule has 5 aliphatic rings. The second-order valence-corrected chi connectivity index (χ2v) is 16.7. The van der Waals surface area contributed by atoms with Gasteiger partial charge in [0.05, 0.1) is 11.7 Å². The van der Waals surface area contributed by atoms with Gasteiger partial charge in [-0.15, -0.1) is 11.3 Å². The number of ketones is 1. The Morgan fingerprint density at radius 3 is 2.34 bits per heavy atom. The number of anilines is 1. The molecule has 0 radical (unpaired) electrons. The van der Waals surface area contributed by atoms with Crippen molar-refractivity contribution in [2.75, 3.05) is 5.32 Å². The summed E-state index contributed by atoms with van der Waals surface area (Å²) in [6.07, 6.45) is 11.7. The zero-order valence-electron chi connectivity index (χ0n) is 25.0. The van der Waals surface area contributed by atoms with E-state index in [1.165, 1.54) is 31.3 Å². The predicted octanol–water partition coefficient (Wildman–Crippen LogP) is 8.24. The monoisotopic (exact) mass is 538 g/mol. The van der Waals surface area contributed by atoms with Gasteiger partial charge in [0.1, 0.15) is 10.7 Å². The number of nitrogens with one attached hydrogen (secondary N) is 1. The van der Waals surface area contributed by atoms with E-state index in [9.17, 15) is 9.90 Å². The SMILES string of the molecule is CC(C)C1=C2[C@H]3CC[C@@H]4[C@@]5(C)CC[C@@](O)(Nc6cncs6)C(C)(C)[C@@H]5CC[C@@]4(C)[C@]3(C)CC[C@@]2(C)CC1=O. The van der Waals surface area contributed by atoms with Gasteiger partial charge in [0.15, 0.2) is 5.78 Å². The molecule has 210 valence electrons. The fourth-order valence-corrected chi connectivity index (χ4v) is 12.1. The minimum absolute atomic E-state index is 0.0802. The lowest BCUT2D eigenvalue weighted by Crippen LogP contribution is -2.69. The number of Topliss-reactive ketones (excluding diaryl/α,β-unsaturated/α-hetero) is 1. The third-order valence-corrected chi connectivity index (χ3v) is 14.5. The molecular formula is C33H50N2O2S. The van der Waals surface area contributed by atoms with Gasteiger partial charge < -0.3 is 10.4 Å². The smallest absolute Gasteiger partial charge is 0.159 e. The minimum Gasteiger partial charge on any atom is -0.370 e. The largest absolute Gasteiger partial charge is 0.370 e. The molecule has 4 fully saturated rings. The van der Waals surface area contributed by atoms with Gasteiger partial charge in [-0.3, -0.25) is 9.78 Å². The van der Waals surface area contributed by atoms with Crippen LogP contribution >= 0.6 is 11.3 Å². The van der Waals surface area contributed by atoms with E-state index in [1.54, 1.807) is 16.9 Å². The third-order valence-electron chi connectivity index (χ3n) is 13.8. The Labute approximate surface area is 234 Å². The van der Waals surface area contributed by atoms with Crippen LogP contribution in [-0.2, 0) is 4.79 Å². The highest BCUT2D eigenvalue weighted by Crippen LogP contribution is 2.77. The van der Waals surface area contributed by atoms with Gasteiger partial charge in [0.2, 0.25) is 0 Å². The summed E-state index contributed by atoms with van der Waals surface area (Å²) in [7, 11) is 0. The van der Waals surface area contributed by atoms with E-state index in [2.05, 4.69) is 65.7 Å². The van der Waals surface area contributed by atoms with Crippen LogP contribution in [0.3, 0.4) is 0 Å². The van der Waals surface area contributed by atoms with Crippen molar-refractivity contribution in [1.82, 2.24) is 4.98 Å². The third kappa shape index (κ3) is 3.24. The average Bonchev–Trinajstić information content (AvgIpc) is 3.42. The summed E-state index contributed by atoms with van der Waals surface area (Å²) in [5, 5.41) is 16.6. The van der Waals surface area contributed by atoms with E-state index >= 15 is 0 Å². The zero-order valence-corrected chi connectivity index (χ0v) is 25.9. The first-order valence-electron chi connectivity index (χ1n) is 15.3. The standard InChI is InChI=1S/C33H50N2O2S/c1-20(2)26-22(36)17-29(5)13-15-31(7)21(27(26)29)9-10-24-30(6)14-16-33(37,35-25-18-34-19-38-25)28(3,4)23(30)11-12-32(24,31)8/h18-21,23-24,35,37H,9-17H2,1-8H3/t21-,23+,24-,29+,30+,31-,32-,33+/m1/s1. The van der Waals surface area contributed by atoms with Crippen molar-refractivity contribution in [3.63, 3.8) is 0 Å². The van der Waals surface area contributed by atoms with Crippen LogP contribution in [0.25, 0.3) is 0 Å². The number of thiazole rings is 1. The first-order valence-corrected chi connectivity index (χ1v) is 16.2. The molecule has 0 aliphatic heterocycles. The van der Waals surface area contributed by atoms with Gasteiger partial charge in [-0.2, -0.15) is 0 Å². The summed E-state index contributed by atoms with van der Waals surface area (Å²) >= 11 is 1.57. The van der Waals surface area contributed by atoms with Crippen LogP contribution in [-0.4, -0.2) is 21.6 Å². The number of carbonyl (C=O) groups is 1. The van der Waals surface area contributed by atoms with Crippen LogP contribution in [0.2, 0.25) is 0 Å². The number of hydrogen-bond donors (Lipinski definition) is 2. The molecule has 0 spiro atoms. The number of rotatable bonds is 3. The average molecular weight is 539 g/mol. The molecule has 0 saturated heterocycles. The molecule has 0 unspecified atom stereocenters. The number of nitrogens with zero attached hydrogens (tertiary/aromatic N) is 1. The summed E-state index contributed by atoms with van der Waals surface area (Å²) in [5.41, 5.74) is 4.19. The summed E-state index contributed by atoms with van der Waals surface area (Å²) in [6.45, 7) is 19.4. The van der Waals surface area contributed by atoms with E-state index in [1.807, 2.05) is 11.7 Å². The molecule has 5 aliphatic carbocycles. The van der Waals surface area contributed by atoms with Crippen LogP contribution < -0.4 is 5.32 Å². The molecule has 5 heteroatoms. The van der Waals surface area contributed by atoms with Crippen LogP contribution in [0.15, 0.2) is 22.9 Å². The molecule has 4 nitrogen and oxygen atoms in total. The highest BCUT2D eigenvalue weighted by atomic mass is 32.1. The van der Waals surface area contributed by atoms with Crippen molar-refractivity contribution in [3.8, 4) is 0 Å². The molecule has 1 aromatic heterocycles. The van der Waals surface area contributed by atoms with E-state index in [0.717, 1.165) is 37.1 Å². The molecule has 38 heavy (non-hydrogen) atoms. The Kier molecular flexibility index (Phi) is 5.81. The Hall–Kier alpha value is -1.20. The fraction of sp³-hybridized carbons (Fsp3) is 0.818. The minimum atomic E-state index is -0.924. The summed E-state index contributed by atoms with van der Waals surface area (Å²) in [5.74, 6) is 2.40. The topological polar surface area (TPSA) is 62.2 Å². The number of carbonyl (C=O) groups excluding carboxylic acids is 1. The van der Waals surface area contributed by atoms with Crippen LogP contribution in [0.5, 0.6) is 0 Å². The van der Waals surface area contributed by atoms with Crippen molar-refractivity contribution < 1.29 is 9.90 Å². The Bertz CT molecular complexity index is 1170. The van der Waals surface area contributed by atoms with E-state index in [-0.39, 0.29) is 27.1 Å². The van der Waals surface area contributed by atoms with Gasteiger partial charge >= 0.3 is 0 Å². The van der Waals surface area contributed by atoms with Crippen LogP contribution in [0, 0.1) is 50.7 Å². The second kappa shape index (κ2) is 8.18. The predicted molar refractivity (Wildman–Crippen MR) is 156 cm³/mol. The summed E-state index contributed by atoms with van der Waals surface area (Å²) in [6, 6.07) is 0. The maximum Gasteiger partial charge on any atom is 0.159 e. The van der Waals surface area contributed by atoms with Crippen LogP contribution in [0.4, 0.5) is 5.00 Å². The Morgan fingerprint density at radius 1 is 0.947 bits per heavy atom. The molecule has 1 heterocycles. The Morgan fingerprint density at radius 2 is 1.68 bits per heavy atom. The van der Waals surface area contributed by atoms with Crippen LogP contribution in [0.1, 0.15) is 113 Å². The number of aromatic nitrogens is 1. The molecule has 0 amide bonds. The highest BCUT2D eigenvalue weighted by Gasteiger charge is 2.71. The van der Waals surface area contributed by atoms with Crippen molar-refractivity contribution in [2.24, 2.45) is 50.7 Å². The molecule has 4 saturated carbocycles. The zero-order chi connectivity index (χ0) is 27.5. The summed E-state index contributed by atoms with van der Waals surface area (Å²) in [4.78, 5) is 17.6. The van der Waals surface area contributed by atoms with Crippen molar-refractivity contribution in [3.05, 3.63) is 22.9 Å². The fourth-order valence-electron chi connectivity index (χ4n) is 11.5. The van der Waals surface area contributed by atoms with E-state index < -0.39 is 5.72 Å². The van der Waals surface area contributed by atoms with Crippen molar-refractivity contribution in [1.29, 1.82) is 0 Å². The van der Waals surface area contributed by atoms with Gasteiger partial charge in [0.25, 0.3) is 0 Å². The number of aliphatic hydroxyl groups is 1. The normalized spacial score (nSPS) is 47.8. The van der Waals surface area contributed by atoms with E-state index in [0.29, 0.717) is 29.5 Å². The first kappa shape index (κ1) is 27.0. The lowest BCUT2D eigenvalue weighted by Gasteiger charge is -2.73. The van der Waals surface area contributed by atoms with E-state index in [4.69, 9.17) is 0 Å². The molecule has 1 aromatic rings. The molecular weight excluding hydrogens is 488 g/mol. The molecule has 2 N–H and O–H groups in total. The molecule has 0 bridgehead atoms. The maximum absolute atomic E-state index is 13.3. The van der Waals surface area contributed by atoms with Gasteiger partial charge in [-0.1, -0.05) is 61.0 Å². The van der Waals surface area contributed by atoms with Gasteiger partial charge in [0, 0.05) is 11.8 Å².